The van der Waals surface area contributed by atoms with E-state index in [0.29, 0.717) is 11.8 Å². The molecule has 2 aliphatic carbocycles. The Bertz CT molecular complexity index is 729. The van der Waals surface area contributed by atoms with Crippen molar-refractivity contribution in [2.75, 3.05) is 0 Å². The van der Waals surface area contributed by atoms with Gasteiger partial charge in [-0.3, -0.25) is 4.79 Å². The van der Waals surface area contributed by atoms with Gasteiger partial charge in [0.1, 0.15) is 6.10 Å². The number of unbranched alkanes of at least 4 members (excludes halogenated alkanes) is 1. The molecular formula is C28H39NO2. The molecule has 0 bridgehead atoms. The number of ether oxygens (including phenoxy) is 1. The van der Waals surface area contributed by atoms with Crippen molar-refractivity contribution < 1.29 is 9.53 Å². The number of aryl methyl sites for hydroxylation is 1. The summed E-state index contributed by atoms with van der Waals surface area (Å²) in [5, 5.41) is 8.55. The van der Waals surface area contributed by atoms with Gasteiger partial charge in [-0.05, 0) is 100 Å². The summed E-state index contributed by atoms with van der Waals surface area (Å²) < 4.78 is 5.94. The molecule has 0 atom stereocenters. The van der Waals surface area contributed by atoms with E-state index in [-0.39, 0.29) is 18.0 Å². The van der Waals surface area contributed by atoms with E-state index in [1.165, 1.54) is 30.4 Å². The molecule has 1 aromatic carbocycles. The van der Waals surface area contributed by atoms with Gasteiger partial charge < -0.3 is 4.74 Å². The van der Waals surface area contributed by atoms with Crippen molar-refractivity contribution in [3.63, 3.8) is 0 Å². The van der Waals surface area contributed by atoms with Gasteiger partial charge in [0.15, 0.2) is 0 Å². The molecule has 0 amide bonds. The normalized spacial score (nSPS) is 26.5. The minimum atomic E-state index is 0.0477. The van der Waals surface area contributed by atoms with Gasteiger partial charge in [0.25, 0.3) is 0 Å². The van der Waals surface area contributed by atoms with E-state index in [0.717, 1.165) is 64.2 Å². The number of rotatable bonds is 9. The van der Waals surface area contributed by atoms with Gasteiger partial charge in [0.2, 0.25) is 0 Å². The zero-order valence-corrected chi connectivity index (χ0v) is 19.2. The Kier molecular flexibility index (Phi) is 9.66. The first kappa shape index (κ1) is 23.6. The van der Waals surface area contributed by atoms with Crippen molar-refractivity contribution in [1.82, 2.24) is 0 Å². The molecule has 2 fully saturated rings. The Labute approximate surface area is 188 Å². The van der Waals surface area contributed by atoms with Gasteiger partial charge in [-0.25, -0.2) is 0 Å². The van der Waals surface area contributed by atoms with Gasteiger partial charge in [0.05, 0.1) is 12.0 Å². The van der Waals surface area contributed by atoms with Crippen LogP contribution in [0.2, 0.25) is 0 Å². The Morgan fingerprint density at radius 2 is 1.77 bits per heavy atom. The van der Waals surface area contributed by atoms with Crippen LogP contribution in [0.25, 0.3) is 0 Å². The van der Waals surface area contributed by atoms with Gasteiger partial charge in [-0.15, -0.1) is 0 Å². The number of benzene rings is 1. The highest BCUT2D eigenvalue weighted by Crippen LogP contribution is 2.36. The third-order valence-corrected chi connectivity index (χ3v) is 7.34. The van der Waals surface area contributed by atoms with Crippen molar-refractivity contribution in [2.45, 2.75) is 102 Å². The Morgan fingerprint density at radius 3 is 2.42 bits per heavy atom. The molecule has 168 valence electrons. The maximum absolute atomic E-state index is 12.7. The summed E-state index contributed by atoms with van der Waals surface area (Å²) >= 11 is 0. The SMILES string of the molecule is CCCCc1ccc([C@H]2CC[C@H](OC(=O)[C@H]3CC[C@H](CCC=CC#N)CC3)CC2)cc1. The van der Waals surface area contributed by atoms with E-state index in [1.807, 2.05) is 12.1 Å². The van der Waals surface area contributed by atoms with E-state index >= 15 is 0 Å². The van der Waals surface area contributed by atoms with Crippen LogP contribution in [0.5, 0.6) is 0 Å². The zero-order chi connectivity index (χ0) is 21.9. The van der Waals surface area contributed by atoms with Crippen LogP contribution in [0.15, 0.2) is 36.4 Å². The van der Waals surface area contributed by atoms with Crippen LogP contribution in [0, 0.1) is 23.2 Å². The molecule has 3 nitrogen and oxygen atoms in total. The lowest BCUT2D eigenvalue weighted by Gasteiger charge is -2.31. The molecule has 0 unspecified atom stereocenters. The van der Waals surface area contributed by atoms with Crippen molar-refractivity contribution in [1.29, 1.82) is 5.26 Å². The minimum Gasteiger partial charge on any atom is -0.462 e. The van der Waals surface area contributed by atoms with Crippen molar-refractivity contribution >= 4 is 5.97 Å². The fourth-order valence-corrected chi connectivity index (χ4v) is 5.27. The van der Waals surface area contributed by atoms with Crippen LogP contribution in [-0.2, 0) is 16.0 Å². The van der Waals surface area contributed by atoms with E-state index in [1.54, 1.807) is 6.08 Å². The van der Waals surface area contributed by atoms with E-state index in [2.05, 4.69) is 31.2 Å². The fraction of sp³-hybridized carbons (Fsp3) is 0.643. The minimum absolute atomic E-state index is 0.0477. The number of esters is 1. The number of hydrogen-bond donors (Lipinski definition) is 0. The molecule has 2 aliphatic rings. The number of nitrogens with zero attached hydrogens (tertiary/aromatic N) is 1. The molecule has 0 aromatic heterocycles. The number of allylic oxidation sites excluding steroid dienone is 2. The Balaban J connectivity index is 1.35. The largest absolute Gasteiger partial charge is 0.462 e. The summed E-state index contributed by atoms with van der Waals surface area (Å²) in [5.41, 5.74) is 2.90. The predicted molar refractivity (Wildman–Crippen MR) is 126 cm³/mol. The average Bonchev–Trinajstić information content (AvgIpc) is 2.82. The third-order valence-electron chi connectivity index (χ3n) is 7.34. The van der Waals surface area contributed by atoms with E-state index < -0.39 is 0 Å². The smallest absolute Gasteiger partial charge is 0.309 e. The van der Waals surface area contributed by atoms with Crippen molar-refractivity contribution in [3.8, 4) is 6.07 Å². The number of carbonyl (C=O) groups excluding carboxylic acids is 1. The summed E-state index contributed by atoms with van der Waals surface area (Å²) in [6, 6.07) is 11.3. The quantitative estimate of drug-likeness (QED) is 0.311. The van der Waals surface area contributed by atoms with Crippen molar-refractivity contribution in [2.24, 2.45) is 11.8 Å². The fourth-order valence-electron chi connectivity index (χ4n) is 5.27. The van der Waals surface area contributed by atoms with Crippen LogP contribution in [-0.4, -0.2) is 12.1 Å². The first-order chi connectivity index (χ1) is 15.2. The summed E-state index contributed by atoms with van der Waals surface area (Å²) in [6.45, 7) is 2.24. The second-order valence-corrected chi connectivity index (χ2v) is 9.58. The molecule has 1 aromatic rings. The van der Waals surface area contributed by atoms with Crippen LogP contribution in [0.3, 0.4) is 0 Å². The lowest BCUT2D eigenvalue weighted by molar-refractivity contribution is -0.157. The average molecular weight is 422 g/mol. The zero-order valence-electron chi connectivity index (χ0n) is 19.2. The lowest BCUT2D eigenvalue weighted by atomic mass is 9.79. The molecule has 0 spiro atoms. The standard InChI is InChI=1S/C28H39NO2/c1-2-3-7-22-9-13-24(14-10-22)25-17-19-27(20-18-25)31-28(30)26-15-11-23(12-16-26)8-5-4-6-21-29/h4,6,9-10,13-14,23,25-27H,2-3,5,7-8,11-12,15-20H2,1H3/t23-,25-,26-,27-. The lowest BCUT2D eigenvalue weighted by Crippen LogP contribution is -2.29. The van der Waals surface area contributed by atoms with Gasteiger partial charge in [-0.1, -0.05) is 43.7 Å². The molecule has 2 saturated carbocycles. The van der Waals surface area contributed by atoms with Crippen LogP contribution >= 0.6 is 0 Å². The molecule has 0 N–H and O–H groups in total. The summed E-state index contributed by atoms with van der Waals surface area (Å²) in [4.78, 5) is 12.7. The first-order valence-electron chi connectivity index (χ1n) is 12.5. The highest BCUT2D eigenvalue weighted by molar-refractivity contribution is 5.72. The number of hydrogen-bond acceptors (Lipinski definition) is 3. The second-order valence-electron chi connectivity index (χ2n) is 9.58. The number of nitriles is 1. The number of carbonyl (C=O) groups is 1. The van der Waals surface area contributed by atoms with Gasteiger partial charge in [-0.2, -0.15) is 5.26 Å². The monoisotopic (exact) mass is 421 g/mol. The molecule has 3 rings (SSSR count). The topological polar surface area (TPSA) is 50.1 Å². The van der Waals surface area contributed by atoms with Crippen LogP contribution in [0.4, 0.5) is 0 Å². The first-order valence-corrected chi connectivity index (χ1v) is 12.5. The molecule has 0 saturated heterocycles. The molecule has 0 aliphatic heterocycles. The van der Waals surface area contributed by atoms with E-state index in [9.17, 15) is 4.79 Å². The van der Waals surface area contributed by atoms with Crippen molar-refractivity contribution in [3.05, 3.63) is 47.5 Å². The summed E-state index contributed by atoms with van der Waals surface area (Å²) in [5.74, 6) is 1.45. The predicted octanol–water partition coefficient (Wildman–Crippen LogP) is 7.26. The maximum atomic E-state index is 12.7. The maximum Gasteiger partial charge on any atom is 0.309 e. The Morgan fingerprint density at radius 1 is 1.06 bits per heavy atom. The molecule has 0 heterocycles. The highest BCUT2D eigenvalue weighted by atomic mass is 16.5. The van der Waals surface area contributed by atoms with Gasteiger partial charge in [0, 0.05) is 6.08 Å². The molecular weight excluding hydrogens is 382 g/mol. The Hall–Kier alpha value is -2.08. The molecule has 0 radical (unpaired) electrons. The summed E-state index contributed by atoms with van der Waals surface area (Å²) in [6.07, 6.45) is 17.8. The highest BCUT2D eigenvalue weighted by Gasteiger charge is 2.30. The summed E-state index contributed by atoms with van der Waals surface area (Å²) in [7, 11) is 0. The van der Waals surface area contributed by atoms with Crippen LogP contribution in [0.1, 0.15) is 101 Å². The molecule has 3 heteroatoms. The second kappa shape index (κ2) is 12.7. The molecule has 31 heavy (non-hydrogen) atoms. The van der Waals surface area contributed by atoms with Gasteiger partial charge >= 0.3 is 5.97 Å². The van der Waals surface area contributed by atoms with E-state index in [4.69, 9.17) is 10.00 Å². The third kappa shape index (κ3) is 7.53. The van der Waals surface area contributed by atoms with Crippen LogP contribution < -0.4 is 0 Å².